The number of hydrogen-bond donors (Lipinski definition) is 1. The largest absolute Gasteiger partial charge is 0.493 e. The molecule has 0 atom stereocenters. The summed E-state index contributed by atoms with van der Waals surface area (Å²) >= 11 is 0. The van der Waals surface area contributed by atoms with Gasteiger partial charge >= 0.3 is 0 Å². The molecule has 2 N–H and O–H groups in total. The van der Waals surface area contributed by atoms with E-state index in [1.54, 1.807) is 14.2 Å². The number of rotatable bonds is 2. The summed E-state index contributed by atoms with van der Waals surface area (Å²) in [6, 6.07) is 4.05. The van der Waals surface area contributed by atoms with Gasteiger partial charge in [0.15, 0.2) is 11.5 Å². The van der Waals surface area contributed by atoms with E-state index in [4.69, 9.17) is 15.3 Å². The Hall–Kier alpha value is -1.26. The topological polar surface area (TPSA) is 47.7 Å². The lowest BCUT2D eigenvalue weighted by atomic mass is 10.00. The van der Waals surface area contributed by atoms with E-state index in [0.29, 0.717) is 0 Å². The second-order valence-electron chi connectivity index (χ2n) is 3.70. The number of fused-ring (bicyclic) bond motifs is 1. The van der Waals surface area contributed by atoms with Gasteiger partial charge in [0, 0.05) is 13.1 Å². The molecule has 0 spiro atoms. The zero-order chi connectivity index (χ0) is 10.8. The third-order valence-electron chi connectivity index (χ3n) is 2.75. The molecule has 0 radical (unpaired) electrons. The van der Waals surface area contributed by atoms with Gasteiger partial charge in [-0.25, -0.2) is 5.01 Å². The fourth-order valence-corrected chi connectivity index (χ4v) is 1.91. The van der Waals surface area contributed by atoms with Crippen LogP contribution in [0.25, 0.3) is 0 Å². The number of hydrazine groups is 1. The monoisotopic (exact) mass is 208 g/mol. The van der Waals surface area contributed by atoms with Crippen LogP contribution in [-0.2, 0) is 13.0 Å². The minimum absolute atomic E-state index is 0.770. The molecule has 4 nitrogen and oxygen atoms in total. The molecule has 0 fully saturated rings. The Morgan fingerprint density at radius 3 is 2.33 bits per heavy atom. The van der Waals surface area contributed by atoms with Crippen molar-refractivity contribution in [3.05, 3.63) is 23.3 Å². The highest BCUT2D eigenvalue weighted by atomic mass is 16.5. The summed E-state index contributed by atoms with van der Waals surface area (Å²) in [5.41, 5.74) is 2.52. The van der Waals surface area contributed by atoms with Gasteiger partial charge in [0.1, 0.15) is 0 Å². The average Bonchev–Trinajstić information content (AvgIpc) is 2.27. The second kappa shape index (κ2) is 4.08. The molecule has 2 rings (SSSR count). The lowest BCUT2D eigenvalue weighted by Gasteiger charge is -2.25. The molecule has 15 heavy (non-hydrogen) atoms. The van der Waals surface area contributed by atoms with Crippen molar-refractivity contribution in [2.24, 2.45) is 5.84 Å². The molecule has 1 aliphatic heterocycles. The quantitative estimate of drug-likeness (QED) is 0.735. The van der Waals surface area contributed by atoms with Gasteiger partial charge in [0.05, 0.1) is 14.2 Å². The van der Waals surface area contributed by atoms with Crippen LogP contribution in [0, 0.1) is 0 Å². The third kappa shape index (κ3) is 1.91. The first-order chi connectivity index (χ1) is 7.24. The summed E-state index contributed by atoms with van der Waals surface area (Å²) in [5, 5.41) is 1.81. The molecule has 0 aliphatic carbocycles. The highest BCUT2D eigenvalue weighted by Crippen LogP contribution is 2.32. The maximum absolute atomic E-state index is 5.77. The van der Waals surface area contributed by atoms with Crippen LogP contribution in [0.2, 0.25) is 0 Å². The minimum atomic E-state index is 0.770. The van der Waals surface area contributed by atoms with Crippen molar-refractivity contribution < 1.29 is 9.47 Å². The molecule has 0 aromatic heterocycles. The zero-order valence-corrected chi connectivity index (χ0v) is 9.12. The van der Waals surface area contributed by atoms with E-state index >= 15 is 0 Å². The first kappa shape index (κ1) is 10.3. The Morgan fingerprint density at radius 1 is 1.13 bits per heavy atom. The molecule has 4 heteroatoms. The number of hydrogen-bond acceptors (Lipinski definition) is 4. The van der Waals surface area contributed by atoms with Gasteiger partial charge < -0.3 is 9.47 Å². The molecular formula is C11H16N2O2. The summed E-state index contributed by atoms with van der Waals surface area (Å²) in [5.74, 6) is 7.34. The summed E-state index contributed by atoms with van der Waals surface area (Å²) in [6.45, 7) is 1.66. The zero-order valence-electron chi connectivity index (χ0n) is 9.12. The maximum Gasteiger partial charge on any atom is 0.161 e. The van der Waals surface area contributed by atoms with Gasteiger partial charge in [-0.2, -0.15) is 0 Å². The van der Waals surface area contributed by atoms with E-state index in [9.17, 15) is 0 Å². The van der Waals surface area contributed by atoms with Crippen LogP contribution in [0.15, 0.2) is 12.1 Å². The second-order valence-corrected chi connectivity index (χ2v) is 3.70. The van der Waals surface area contributed by atoms with Crippen molar-refractivity contribution in [3.63, 3.8) is 0 Å². The summed E-state index contributed by atoms with van der Waals surface area (Å²) in [6.07, 6.45) is 0.964. The fraction of sp³-hybridized carbons (Fsp3) is 0.455. The Kier molecular flexibility index (Phi) is 2.79. The number of methoxy groups -OCH3 is 2. The molecule has 82 valence electrons. The van der Waals surface area contributed by atoms with Crippen molar-refractivity contribution in [1.82, 2.24) is 5.01 Å². The lowest BCUT2D eigenvalue weighted by molar-refractivity contribution is 0.261. The van der Waals surface area contributed by atoms with Crippen molar-refractivity contribution in [2.75, 3.05) is 20.8 Å². The SMILES string of the molecule is COc1cc2c(cc1OC)CN(N)CC2. The van der Waals surface area contributed by atoms with Crippen LogP contribution in [0.3, 0.4) is 0 Å². The van der Waals surface area contributed by atoms with Gasteiger partial charge in [0.2, 0.25) is 0 Å². The first-order valence-electron chi connectivity index (χ1n) is 4.98. The van der Waals surface area contributed by atoms with E-state index in [2.05, 4.69) is 0 Å². The van der Waals surface area contributed by atoms with Gasteiger partial charge in [-0.15, -0.1) is 0 Å². The minimum Gasteiger partial charge on any atom is -0.493 e. The van der Waals surface area contributed by atoms with E-state index in [1.807, 2.05) is 17.1 Å². The van der Waals surface area contributed by atoms with E-state index in [1.165, 1.54) is 11.1 Å². The lowest BCUT2D eigenvalue weighted by Crippen LogP contribution is -2.36. The fourth-order valence-electron chi connectivity index (χ4n) is 1.91. The molecular weight excluding hydrogens is 192 g/mol. The van der Waals surface area contributed by atoms with Crippen LogP contribution in [0.1, 0.15) is 11.1 Å². The van der Waals surface area contributed by atoms with Crippen LogP contribution in [0.4, 0.5) is 0 Å². The highest BCUT2D eigenvalue weighted by Gasteiger charge is 2.17. The first-order valence-corrected chi connectivity index (χ1v) is 4.98. The predicted molar refractivity (Wildman–Crippen MR) is 57.8 cm³/mol. The van der Waals surface area contributed by atoms with Crippen molar-refractivity contribution in [1.29, 1.82) is 0 Å². The van der Waals surface area contributed by atoms with Crippen molar-refractivity contribution in [2.45, 2.75) is 13.0 Å². The molecule has 0 amide bonds. The van der Waals surface area contributed by atoms with Gasteiger partial charge in [-0.1, -0.05) is 0 Å². The molecule has 1 aromatic rings. The van der Waals surface area contributed by atoms with Crippen LogP contribution >= 0.6 is 0 Å². The number of ether oxygens (including phenoxy) is 2. The highest BCUT2D eigenvalue weighted by molar-refractivity contribution is 5.48. The molecule has 0 saturated heterocycles. The molecule has 0 unspecified atom stereocenters. The Bertz CT molecular complexity index is 366. The predicted octanol–water partition coefficient (Wildman–Crippen LogP) is 0.936. The van der Waals surface area contributed by atoms with Crippen LogP contribution < -0.4 is 15.3 Å². The number of nitrogens with zero attached hydrogens (tertiary/aromatic N) is 1. The third-order valence-corrected chi connectivity index (χ3v) is 2.75. The summed E-state index contributed by atoms with van der Waals surface area (Å²) in [4.78, 5) is 0. The average molecular weight is 208 g/mol. The molecule has 1 heterocycles. The van der Waals surface area contributed by atoms with Crippen molar-refractivity contribution >= 4 is 0 Å². The summed E-state index contributed by atoms with van der Waals surface area (Å²) < 4.78 is 10.5. The van der Waals surface area contributed by atoms with E-state index in [0.717, 1.165) is 31.0 Å². The Morgan fingerprint density at radius 2 is 1.73 bits per heavy atom. The van der Waals surface area contributed by atoms with Gasteiger partial charge in [-0.3, -0.25) is 5.84 Å². The van der Waals surface area contributed by atoms with E-state index in [-0.39, 0.29) is 0 Å². The normalized spacial score (nSPS) is 15.9. The maximum atomic E-state index is 5.77. The molecule has 0 bridgehead atoms. The van der Waals surface area contributed by atoms with Crippen LogP contribution in [-0.4, -0.2) is 25.8 Å². The van der Waals surface area contributed by atoms with Crippen LogP contribution in [0.5, 0.6) is 11.5 Å². The van der Waals surface area contributed by atoms with Crippen molar-refractivity contribution in [3.8, 4) is 11.5 Å². The standard InChI is InChI=1S/C11H16N2O2/c1-14-10-5-8-3-4-13(12)7-9(8)6-11(10)15-2/h5-6H,3-4,7,12H2,1-2H3. The summed E-state index contributed by atoms with van der Waals surface area (Å²) in [7, 11) is 3.30. The molecule has 1 aromatic carbocycles. The van der Waals surface area contributed by atoms with Gasteiger partial charge in [-0.05, 0) is 29.7 Å². The molecule has 0 saturated carbocycles. The Labute approximate surface area is 89.5 Å². The van der Waals surface area contributed by atoms with E-state index < -0.39 is 0 Å². The molecule has 1 aliphatic rings. The Balaban J connectivity index is 2.41. The van der Waals surface area contributed by atoms with Gasteiger partial charge in [0.25, 0.3) is 0 Å². The number of benzene rings is 1. The number of nitrogens with two attached hydrogens (primary N) is 1. The smallest absolute Gasteiger partial charge is 0.161 e.